The van der Waals surface area contributed by atoms with Gasteiger partial charge in [0.15, 0.2) is 0 Å². The Bertz CT molecular complexity index is 778. The molecule has 0 atom stereocenters. The van der Waals surface area contributed by atoms with E-state index in [0.717, 1.165) is 11.3 Å². The number of nitrogens with zero attached hydrogens (tertiary/aromatic N) is 4. The molecule has 106 valence electrons. The lowest BCUT2D eigenvalue weighted by molar-refractivity contribution is 0.0994. The molecule has 0 fully saturated rings. The predicted octanol–water partition coefficient (Wildman–Crippen LogP) is 1.46. The molecule has 1 aromatic carbocycles. The average Bonchev–Trinajstić information content (AvgIpc) is 2.97. The number of amides is 1. The lowest BCUT2D eigenvalue weighted by atomic mass is 10.2. The molecule has 0 aliphatic carbocycles. The molecule has 0 aliphatic rings. The van der Waals surface area contributed by atoms with Gasteiger partial charge in [-0.3, -0.25) is 9.78 Å². The molecular formula is C15H15N5O. The molecule has 0 saturated heterocycles. The second kappa shape index (κ2) is 5.34. The van der Waals surface area contributed by atoms with Gasteiger partial charge in [0.2, 0.25) is 0 Å². The molecule has 2 N–H and O–H groups in total. The summed E-state index contributed by atoms with van der Waals surface area (Å²) < 4.78 is 1.63. The molecule has 2 heterocycles. The zero-order chi connectivity index (χ0) is 14.8. The zero-order valence-electron chi connectivity index (χ0n) is 11.6. The second-order valence-electron chi connectivity index (χ2n) is 4.70. The van der Waals surface area contributed by atoms with Crippen molar-refractivity contribution in [3.05, 3.63) is 60.2 Å². The Kier molecular flexibility index (Phi) is 3.37. The van der Waals surface area contributed by atoms with Crippen LogP contribution in [-0.4, -0.2) is 27.6 Å². The van der Waals surface area contributed by atoms with Crippen LogP contribution >= 0.6 is 0 Å². The van der Waals surface area contributed by atoms with E-state index < -0.39 is 0 Å². The summed E-state index contributed by atoms with van der Waals surface area (Å²) in [4.78, 5) is 18.2. The van der Waals surface area contributed by atoms with Gasteiger partial charge in [-0.2, -0.15) is 5.10 Å². The van der Waals surface area contributed by atoms with Gasteiger partial charge >= 0.3 is 0 Å². The van der Waals surface area contributed by atoms with Crippen molar-refractivity contribution >= 4 is 17.1 Å². The molecule has 0 saturated carbocycles. The van der Waals surface area contributed by atoms with Crippen molar-refractivity contribution in [2.45, 2.75) is 6.54 Å². The minimum Gasteiger partial charge on any atom is -0.326 e. The SMILES string of the molecule is CN(C(=O)c1cnn2ccncc12)c1ccc(CN)cc1. The summed E-state index contributed by atoms with van der Waals surface area (Å²) in [5, 5.41) is 4.16. The molecule has 6 nitrogen and oxygen atoms in total. The van der Waals surface area contributed by atoms with Gasteiger partial charge < -0.3 is 10.6 Å². The van der Waals surface area contributed by atoms with Crippen LogP contribution in [0.5, 0.6) is 0 Å². The minimum atomic E-state index is -0.126. The fourth-order valence-corrected chi connectivity index (χ4v) is 2.15. The van der Waals surface area contributed by atoms with Gasteiger partial charge in [-0.1, -0.05) is 12.1 Å². The fourth-order valence-electron chi connectivity index (χ4n) is 2.15. The van der Waals surface area contributed by atoms with Crippen molar-refractivity contribution in [1.82, 2.24) is 14.6 Å². The van der Waals surface area contributed by atoms with Crippen LogP contribution in [0.25, 0.3) is 5.52 Å². The molecule has 0 spiro atoms. The smallest absolute Gasteiger partial charge is 0.261 e. The van der Waals surface area contributed by atoms with Crippen molar-refractivity contribution in [3.8, 4) is 0 Å². The molecule has 0 bridgehead atoms. The van der Waals surface area contributed by atoms with E-state index >= 15 is 0 Å². The Morgan fingerprint density at radius 2 is 2.05 bits per heavy atom. The Morgan fingerprint density at radius 3 is 2.76 bits per heavy atom. The molecule has 2 aromatic heterocycles. The molecule has 0 radical (unpaired) electrons. The van der Waals surface area contributed by atoms with Crippen molar-refractivity contribution < 1.29 is 4.79 Å². The van der Waals surface area contributed by atoms with E-state index in [0.29, 0.717) is 17.6 Å². The van der Waals surface area contributed by atoms with E-state index in [2.05, 4.69) is 10.1 Å². The van der Waals surface area contributed by atoms with Gasteiger partial charge in [-0.15, -0.1) is 0 Å². The van der Waals surface area contributed by atoms with Crippen LogP contribution in [0.3, 0.4) is 0 Å². The van der Waals surface area contributed by atoms with Crippen LogP contribution in [0.4, 0.5) is 5.69 Å². The lowest BCUT2D eigenvalue weighted by Gasteiger charge is -2.17. The monoisotopic (exact) mass is 281 g/mol. The minimum absolute atomic E-state index is 0.126. The van der Waals surface area contributed by atoms with Gasteiger partial charge in [0, 0.05) is 31.7 Å². The highest BCUT2D eigenvalue weighted by Crippen LogP contribution is 2.18. The number of benzene rings is 1. The van der Waals surface area contributed by atoms with Crippen molar-refractivity contribution in [2.75, 3.05) is 11.9 Å². The maximum atomic E-state index is 12.6. The summed E-state index contributed by atoms with van der Waals surface area (Å²) in [6, 6.07) is 7.58. The van der Waals surface area contributed by atoms with Crippen molar-refractivity contribution in [1.29, 1.82) is 0 Å². The normalized spacial score (nSPS) is 10.8. The van der Waals surface area contributed by atoms with Crippen LogP contribution in [0.15, 0.2) is 49.1 Å². The van der Waals surface area contributed by atoms with Gasteiger partial charge in [0.05, 0.1) is 23.5 Å². The Morgan fingerprint density at radius 1 is 1.29 bits per heavy atom. The molecule has 3 rings (SSSR count). The highest BCUT2D eigenvalue weighted by Gasteiger charge is 2.18. The van der Waals surface area contributed by atoms with Gasteiger partial charge in [0.25, 0.3) is 5.91 Å². The quantitative estimate of drug-likeness (QED) is 0.788. The lowest BCUT2D eigenvalue weighted by Crippen LogP contribution is -2.26. The molecule has 3 aromatic rings. The maximum absolute atomic E-state index is 12.6. The molecular weight excluding hydrogens is 266 g/mol. The third-order valence-corrected chi connectivity index (χ3v) is 3.42. The van der Waals surface area contributed by atoms with E-state index in [1.807, 2.05) is 24.3 Å². The summed E-state index contributed by atoms with van der Waals surface area (Å²) in [6.45, 7) is 0.484. The molecule has 0 unspecified atom stereocenters. The molecule has 6 heteroatoms. The molecule has 0 aliphatic heterocycles. The van der Waals surface area contributed by atoms with Gasteiger partial charge in [-0.25, -0.2) is 4.52 Å². The number of rotatable bonds is 3. The first-order chi connectivity index (χ1) is 10.2. The predicted molar refractivity (Wildman–Crippen MR) is 80.1 cm³/mol. The highest BCUT2D eigenvalue weighted by molar-refractivity contribution is 6.09. The molecule has 21 heavy (non-hydrogen) atoms. The first-order valence-corrected chi connectivity index (χ1v) is 6.55. The van der Waals surface area contributed by atoms with Crippen LogP contribution in [0.2, 0.25) is 0 Å². The summed E-state index contributed by atoms with van der Waals surface area (Å²) in [5.41, 5.74) is 8.62. The van der Waals surface area contributed by atoms with Crippen LogP contribution in [0.1, 0.15) is 15.9 Å². The summed E-state index contributed by atoms with van der Waals surface area (Å²) >= 11 is 0. The van der Waals surface area contributed by atoms with Crippen LogP contribution in [0, 0.1) is 0 Å². The summed E-state index contributed by atoms with van der Waals surface area (Å²) in [7, 11) is 1.74. The van der Waals surface area contributed by atoms with Gasteiger partial charge in [0.1, 0.15) is 0 Å². The number of carbonyl (C=O) groups is 1. The highest BCUT2D eigenvalue weighted by atomic mass is 16.2. The summed E-state index contributed by atoms with van der Waals surface area (Å²) in [5.74, 6) is -0.126. The van der Waals surface area contributed by atoms with Crippen molar-refractivity contribution in [3.63, 3.8) is 0 Å². The second-order valence-corrected chi connectivity index (χ2v) is 4.70. The number of hydrogen-bond acceptors (Lipinski definition) is 4. The third-order valence-electron chi connectivity index (χ3n) is 3.42. The van der Waals surface area contributed by atoms with Crippen LogP contribution in [-0.2, 0) is 6.54 Å². The maximum Gasteiger partial charge on any atom is 0.261 e. The number of carbonyl (C=O) groups excluding carboxylic acids is 1. The third kappa shape index (κ3) is 2.36. The first kappa shape index (κ1) is 13.3. The largest absolute Gasteiger partial charge is 0.326 e. The number of hydrogen-bond donors (Lipinski definition) is 1. The fraction of sp³-hybridized carbons (Fsp3) is 0.133. The first-order valence-electron chi connectivity index (χ1n) is 6.55. The standard InChI is InChI=1S/C15H15N5O/c1-19(12-4-2-11(8-16)3-5-12)15(21)13-9-18-20-7-6-17-10-14(13)20/h2-7,9-10H,8,16H2,1H3. The molecule has 1 amide bonds. The number of fused-ring (bicyclic) bond motifs is 1. The number of nitrogens with two attached hydrogens (primary N) is 1. The number of aromatic nitrogens is 3. The van der Waals surface area contributed by atoms with E-state index in [-0.39, 0.29) is 5.91 Å². The Labute approximate surface area is 121 Å². The average molecular weight is 281 g/mol. The van der Waals surface area contributed by atoms with E-state index in [4.69, 9.17) is 5.73 Å². The van der Waals surface area contributed by atoms with E-state index in [9.17, 15) is 4.79 Å². The topological polar surface area (TPSA) is 76.5 Å². The summed E-state index contributed by atoms with van der Waals surface area (Å²) in [6.07, 6.45) is 6.53. The van der Waals surface area contributed by atoms with Crippen LogP contribution < -0.4 is 10.6 Å². The Balaban J connectivity index is 1.93. The Hall–Kier alpha value is -2.73. The zero-order valence-corrected chi connectivity index (χ0v) is 11.6. The number of anilines is 1. The van der Waals surface area contributed by atoms with E-state index in [1.165, 1.54) is 0 Å². The van der Waals surface area contributed by atoms with Gasteiger partial charge in [-0.05, 0) is 17.7 Å². The van der Waals surface area contributed by atoms with E-state index in [1.54, 1.807) is 41.3 Å². The van der Waals surface area contributed by atoms with Crippen molar-refractivity contribution in [2.24, 2.45) is 5.73 Å².